The fraction of sp³-hybridized carbons (Fsp3) is 0.435. The van der Waals surface area contributed by atoms with E-state index >= 15 is 0 Å². The summed E-state index contributed by atoms with van der Waals surface area (Å²) in [5.74, 6) is -0.505. The van der Waals surface area contributed by atoms with Crippen LogP contribution in [0.3, 0.4) is 0 Å². The van der Waals surface area contributed by atoms with Crippen molar-refractivity contribution in [2.45, 2.75) is 39.4 Å². The minimum absolute atomic E-state index is 0.115. The zero-order valence-corrected chi connectivity index (χ0v) is 16.8. The Labute approximate surface area is 166 Å². The highest BCUT2D eigenvalue weighted by molar-refractivity contribution is 6.07. The second-order valence-electron chi connectivity index (χ2n) is 7.51. The van der Waals surface area contributed by atoms with Gasteiger partial charge in [0.15, 0.2) is 0 Å². The number of amides is 1. The predicted molar refractivity (Wildman–Crippen MR) is 108 cm³/mol. The van der Waals surface area contributed by atoms with Gasteiger partial charge in [0.25, 0.3) is 11.7 Å². The van der Waals surface area contributed by atoms with Gasteiger partial charge in [0.05, 0.1) is 25.5 Å². The molecule has 0 aliphatic carbocycles. The first-order valence-corrected chi connectivity index (χ1v) is 9.93. The van der Waals surface area contributed by atoms with Crippen LogP contribution in [0.25, 0.3) is 0 Å². The topological polar surface area (TPSA) is 48.0 Å². The van der Waals surface area contributed by atoms with Gasteiger partial charge in [-0.05, 0) is 56.4 Å². The third-order valence-electron chi connectivity index (χ3n) is 5.49. The number of hydrogen-bond acceptors (Lipinski definition) is 4. The van der Waals surface area contributed by atoms with E-state index in [0.717, 1.165) is 46.5 Å². The maximum Gasteiger partial charge on any atom is 0.292 e. The Hall–Kier alpha value is -2.37. The van der Waals surface area contributed by atoms with Crippen molar-refractivity contribution in [3.63, 3.8) is 0 Å². The lowest BCUT2D eigenvalue weighted by Gasteiger charge is -2.33. The van der Waals surface area contributed by atoms with Crippen LogP contribution in [0.5, 0.6) is 5.75 Å². The van der Waals surface area contributed by atoms with Crippen molar-refractivity contribution in [2.24, 2.45) is 0 Å². The third kappa shape index (κ3) is 3.09. The number of nitrogens with zero attached hydrogens (tertiary/aromatic N) is 1. The molecule has 2 aliphatic heterocycles. The monoisotopic (exact) mass is 381 g/mol. The van der Waals surface area contributed by atoms with E-state index in [4.69, 9.17) is 14.2 Å². The molecule has 1 amide bonds. The Morgan fingerprint density at radius 2 is 1.71 bits per heavy atom. The molecule has 0 atom stereocenters. The number of hydrogen-bond donors (Lipinski definition) is 0. The molecule has 2 aromatic rings. The van der Waals surface area contributed by atoms with Crippen molar-refractivity contribution in [1.82, 2.24) is 0 Å². The number of rotatable bonds is 5. The molecule has 5 nitrogen and oxygen atoms in total. The highest BCUT2D eigenvalue weighted by Gasteiger charge is 2.55. The molecule has 0 bridgehead atoms. The van der Waals surface area contributed by atoms with Gasteiger partial charge >= 0.3 is 0 Å². The highest BCUT2D eigenvalue weighted by Crippen LogP contribution is 2.48. The van der Waals surface area contributed by atoms with E-state index in [9.17, 15) is 4.79 Å². The predicted octanol–water partition coefficient (Wildman–Crippen LogP) is 4.02. The van der Waals surface area contributed by atoms with Crippen molar-refractivity contribution < 1.29 is 19.0 Å². The molecule has 0 unspecified atom stereocenters. The molecule has 0 saturated carbocycles. The molecule has 2 aliphatic rings. The van der Waals surface area contributed by atoms with Crippen LogP contribution in [0.1, 0.15) is 35.1 Å². The average molecular weight is 381 g/mol. The van der Waals surface area contributed by atoms with Gasteiger partial charge in [-0.1, -0.05) is 30.3 Å². The zero-order valence-electron chi connectivity index (χ0n) is 16.8. The normalized spacial score (nSPS) is 17.8. The van der Waals surface area contributed by atoms with Gasteiger partial charge in [0.2, 0.25) is 0 Å². The zero-order chi connectivity index (χ0) is 19.7. The maximum atomic E-state index is 13.4. The van der Waals surface area contributed by atoms with Gasteiger partial charge in [0, 0.05) is 12.1 Å². The summed E-state index contributed by atoms with van der Waals surface area (Å²) < 4.78 is 17.9. The van der Waals surface area contributed by atoms with Gasteiger partial charge in [-0.15, -0.1) is 0 Å². The molecule has 5 heteroatoms. The lowest BCUT2D eigenvalue weighted by molar-refractivity contribution is -0.257. The van der Waals surface area contributed by atoms with E-state index in [1.807, 2.05) is 56.0 Å². The van der Waals surface area contributed by atoms with Crippen molar-refractivity contribution in [2.75, 3.05) is 31.3 Å². The van der Waals surface area contributed by atoms with Crippen molar-refractivity contribution in [1.29, 1.82) is 0 Å². The van der Waals surface area contributed by atoms with Crippen molar-refractivity contribution in [3.8, 4) is 5.75 Å². The van der Waals surface area contributed by atoms with Crippen LogP contribution in [0.4, 0.5) is 5.69 Å². The molecule has 148 valence electrons. The number of carbonyl (C=O) groups excluding carboxylic acids is 1. The minimum Gasteiger partial charge on any atom is -0.493 e. The molecule has 1 spiro atoms. The van der Waals surface area contributed by atoms with Crippen LogP contribution in [0.15, 0.2) is 36.4 Å². The number of benzene rings is 2. The lowest BCUT2D eigenvalue weighted by Crippen LogP contribution is -2.47. The number of para-hydroxylation sites is 1. The van der Waals surface area contributed by atoms with Crippen LogP contribution in [-0.2, 0) is 20.1 Å². The summed E-state index contributed by atoms with van der Waals surface area (Å²) in [5, 5.41) is 0. The SMILES string of the molecule is Cc1ccccc1OCCCN1C(=O)C2(OCCCO2)c2c(C)ccc(C)c21. The second kappa shape index (κ2) is 7.57. The van der Waals surface area contributed by atoms with Crippen LogP contribution in [0.2, 0.25) is 0 Å². The Kier molecular flexibility index (Phi) is 5.13. The lowest BCUT2D eigenvalue weighted by atomic mass is 9.97. The first-order valence-electron chi connectivity index (χ1n) is 9.93. The average Bonchev–Trinajstić information content (AvgIpc) is 2.93. The first-order chi connectivity index (χ1) is 13.5. The number of fused-ring (bicyclic) bond motifs is 2. The highest BCUT2D eigenvalue weighted by atomic mass is 16.7. The van der Waals surface area contributed by atoms with E-state index in [1.165, 1.54) is 0 Å². The van der Waals surface area contributed by atoms with Crippen LogP contribution >= 0.6 is 0 Å². The Bertz CT molecular complexity index is 886. The van der Waals surface area contributed by atoms with E-state index in [-0.39, 0.29) is 5.91 Å². The Morgan fingerprint density at radius 3 is 2.46 bits per heavy atom. The molecular weight excluding hydrogens is 354 g/mol. The molecule has 1 saturated heterocycles. The quantitative estimate of drug-likeness (QED) is 0.734. The number of aryl methyl sites for hydroxylation is 3. The second-order valence-corrected chi connectivity index (χ2v) is 7.51. The summed E-state index contributed by atoms with van der Waals surface area (Å²) in [7, 11) is 0. The van der Waals surface area contributed by atoms with Crippen LogP contribution < -0.4 is 9.64 Å². The fourth-order valence-corrected chi connectivity index (χ4v) is 4.08. The van der Waals surface area contributed by atoms with E-state index in [2.05, 4.69) is 6.07 Å². The summed E-state index contributed by atoms with van der Waals surface area (Å²) in [6, 6.07) is 12.1. The first kappa shape index (κ1) is 19.0. The summed E-state index contributed by atoms with van der Waals surface area (Å²) in [4.78, 5) is 15.2. The molecule has 0 radical (unpaired) electrons. The molecule has 2 aromatic carbocycles. The Morgan fingerprint density at radius 1 is 1.00 bits per heavy atom. The molecule has 1 fully saturated rings. The van der Waals surface area contributed by atoms with Gasteiger partial charge in [0.1, 0.15) is 5.75 Å². The van der Waals surface area contributed by atoms with Crippen molar-refractivity contribution in [3.05, 3.63) is 58.7 Å². The van der Waals surface area contributed by atoms with Crippen LogP contribution in [0, 0.1) is 20.8 Å². The summed E-state index contributed by atoms with van der Waals surface area (Å²) in [5.41, 5.74) is 5.00. The fourth-order valence-electron chi connectivity index (χ4n) is 4.08. The number of anilines is 1. The minimum atomic E-state index is -1.28. The summed E-state index contributed by atoms with van der Waals surface area (Å²) in [6.07, 6.45) is 1.53. The van der Waals surface area contributed by atoms with Gasteiger partial charge in [-0.2, -0.15) is 0 Å². The van der Waals surface area contributed by atoms with E-state index in [0.29, 0.717) is 26.4 Å². The van der Waals surface area contributed by atoms with Gasteiger partial charge < -0.3 is 19.1 Å². The van der Waals surface area contributed by atoms with E-state index < -0.39 is 5.79 Å². The molecular formula is C23H27NO4. The molecule has 0 aromatic heterocycles. The van der Waals surface area contributed by atoms with Crippen molar-refractivity contribution >= 4 is 11.6 Å². The van der Waals surface area contributed by atoms with Gasteiger partial charge in [-0.3, -0.25) is 4.79 Å². The van der Waals surface area contributed by atoms with Crippen LogP contribution in [-0.4, -0.2) is 32.3 Å². The number of carbonyl (C=O) groups is 1. The smallest absolute Gasteiger partial charge is 0.292 e. The molecule has 28 heavy (non-hydrogen) atoms. The summed E-state index contributed by atoms with van der Waals surface area (Å²) in [6.45, 7) is 8.25. The Balaban J connectivity index is 1.54. The summed E-state index contributed by atoms with van der Waals surface area (Å²) >= 11 is 0. The molecule has 0 N–H and O–H groups in total. The standard InChI is InChI=1S/C23H27NO4/c1-16-8-4-5-9-19(16)26-13-6-12-24-21-18(3)11-10-17(2)20(21)23(22(24)25)27-14-7-15-28-23/h4-5,8-11H,6-7,12-15H2,1-3H3. The maximum absolute atomic E-state index is 13.4. The largest absolute Gasteiger partial charge is 0.493 e. The van der Waals surface area contributed by atoms with E-state index in [1.54, 1.807) is 0 Å². The molecule has 4 rings (SSSR count). The molecule has 2 heterocycles. The van der Waals surface area contributed by atoms with Gasteiger partial charge in [-0.25, -0.2) is 0 Å². The third-order valence-corrected chi connectivity index (χ3v) is 5.49. The number of ether oxygens (including phenoxy) is 3.